The van der Waals surface area contributed by atoms with Crippen LogP contribution in [-0.2, 0) is 24.2 Å². The van der Waals surface area contributed by atoms with Gasteiger partial charge in [-0.1, -0.05) is 18.2 Å². The van der Waals surface area contributed by atoms with Gasteiger partial charge in [0.25, 0.3) is 0 Å². The fourth-order valence-electron chi connectivity index (χ4n) is 3.33. The average molecular weight is 226 g/mol. The molecule has 1 aromatic rings. The van der Waals surface area contributed by atoms with E-state index in [1.54, 1.807) is 0 Å². The average Bonchev–Trinajstić information content (AvgIpc) is 2.80. The summed E-state index contributed by atoms with van der Waals surface area (Å²) >= 11 is 0. The van der Waals surface area contributed by atoms with Crippen molar-refractivity contribution in [3.8, 4) is 0 Å². The molecular weight excluding hydrogens is 212 g/mol. The van der Waals surface area contributed by atoms with Crippen LogP contribution < -0.4 is 15.9 Å². The van der Waals surface area contributed by atoms with Gasteiger partial charge in [-0.25, -0.2) is 0 Å². The van der Waals surface area contributed by atoms with Gasteiger partial charge in [0, 0.05) is 23.0 Å². The van der Waals surface area contributed by atoms with Gasteiger partial charge in [-0.3, -0.25) is 4.79 Å². The molecule has 0 saturated carbocycles. The first-order chi connectivity index (χ1) is 8.34. The minimum atomic E-state index is 0.124. The second-order valence-corrected chi connectivity index (χ2v) is 4.95. The lowest BCUT2D eigenvalue weighted by Gasteiger charge is -2.17. The van der Waals surface area contributed by atoms with Crippen molar-refractivity contribution >= 4 is 17.7 Å². The summed E-state index contributed by atoms with van der Waals surface area (Å²) in [6, 6.07) is 0. The Morgan fingerprint density at radius 1 is 1.29 bits per heavy atom. The molecule has 86 valence electrons. The highest BCUT2D eigenvalue weighted by Crippen LogP contribution is 2.20. The Morgan fingerprint density at radius 2 is 2.24 bits per heavy atom. The van der Waals surface area contributed by atoms with Gasteiger partial charge in [0.1, 0.15) is 6.54 Å². The zero-order chi connectivity index (χ0) is 11.4. The normalized spacial score (nSPS) is 20.5. The van der Waals surface area contributed by atoms with Crippen LogP contribution in [-0.4, -0.2) is 10.5 Å². The van der Waals surface area contributed by atoms with Gasteiger partial charge >= 0.3 is 0 Å². The number of nitrogens with zero attached hydrogens (tertiary/aromatic N) is 1. The molecule has 1 aliphatic heterocycles. The Kier molecular flexibility index (Phi) is 1.71. The van der Waals surface area contributed by atoms with Crippen LogP contribution >= 0.6 is 0 Å². The largest absolute Gasteiger partial charge is 0.333 e. The van der Waals surface area contributed by atoms with Gasteiger partial charge in [-0.05, 0) is 24.8 Å². The highest BCUT2D eigenvalue weighted by Gasteiger charge is 2.25. The quantitative estimate of drug-likeness (QED) is 0.661. The van der Waals surface area contributed by atoms with E-state index in [0.29, 0.717) is 6.54 Å². The molecule has 4 rings (SSSR count). The highest BCUT2D eigenvalue weighted by molar-refractivity contribution is 5.84. The van der Waals surface area contributed by atoms with Crippen molar-refractivity contribution in [2.45, 2.75) is 32.2 Å². The lowest BCUT2D eigenvalue weighted by Crippen LogP contribution is -2.45. The first-order valence-corrected chi connectivity index (χ1v) is 6.25. The smallest absolute Gasteiger partial charge is 0.244 e. The molecule has 2 aliphatic carbocycles. The molecule has 0 saturated heterocycles. The van der Waals surface area contributed by atoms with E-state index >= 15 is 0 Å². The third kappa shape index (κ3) is 1.14. The van der Waals surface area contributed by atoms with Gasteiger partial charge < -0.3 is 9.88 Å². The van der Waals surface area contributed by atoms with Gasteiger partial charge in [-0.15, -0.1) is 0 Å². The molecular formula is C14H14N2O. The minimum Gasteiger partial charge on any atom is -0.333 e. The molecule has 0 spiro atoms. The number of carbonyl (C=O) groups is 1. The number of aromatic nitrogens is 1. The number of hydrogen-bond acceptors (Lipinski definition) is 1. The lowest BCUT2D eigenvalue weighted by molar-refractivity contribution is -0.120. The molecule has 1 N–H and O–H groups in total. The first kappa shape index (κ1) is 9.28. The summed E-state index contributed by atoms with van der Waals surface area (Å²) in [5.41, 5.74) is 3.95. The zero-order valence-corrected chi connectivity index (χ0v) is 9.62. The van der Waals surface area contributed by atoms with E-state index in [1.807, 2.05) is 0 Å². The van der Waals surface area contributed by atoms with E-state index < -0.39 is 0 Å². The van der Waals surface area contributed by atoms with Crippen LogP contribution in [0, 0.1) is 0 Å². The standard InChI is InChI=1S/C14H14N2O/c17-13-8-16-12-7-3-5-9(12)10-4-1-2-6-11(15-13)14(10)16/h1-2,4H,3,5-8H2,(H,15,17). The monoisotopic (exact) mass is 226 g/mol. The van der Waals surface area contributed by atoms with Crippen LogP contribution in [0.4, 0.5) is 0 Å². The Hall–Kier alpha value is -1.77. The fraction of sp³-hybridized carbons (Fsp3) is 0.357. The Morgan fingerprint density at radius 3 is 3.18 bits per heavy atom. The summed E-state index contributed by atoms with van der Waals surface area (Å²) in [6.45, 7) is 0.495. The molecule has 1 aromatic heterocycles. The molecule has 0 radical (unpaired) electrons. The van der Waals surface area contributed by atoms with Crippen molar-refractivity contribution in [2.24, 2.45) is 0 Å². The summed E-state index contributed by atoms with van der Waals surface area (Å²) in [5, 5.41) is 5.64. The maximum atomic E-state index is 11.8. The molecule has 2 heterocycles. The van der Waals surface area contributed by atoms with Crippen molar-refractivity contribution in [2.75, 3.05) is 0 Å². The number of hydrogen-bond donors (Lipinski definition) is 1. The molecule has 17 heavy (non-hydrogen) atoms. The molecule has 0 fully saturated rings. The Bertz CT molecular complexity index is 676. The highest BCUT2D eigenvalue weighted by atomic mass is 16.2. The topological polar surface area (TPSA) is 34.0 Å². The molecule has 0 bridgehead atoms. The van der Waals surface area contributed by atoms with Gasteiger partial charge in [0.05, 0.1) is 5.35 Å². The van der Waals surface area contributed by atoms with Crippen LogP contribution in [0.2, 0.25) is 0 Å². The van der Waals surface area contributed by atoms with E-state index in [9.17, 15) is 4.79 Å². The Labute approximate surface area is 99.1 Å². The van der Waals surface area contributed by atoms with Gasteiger partial charge in [0.2, 0.25) is 5.91 Å². The van der Waals surface area contributed by atoms with Crippen LogP contribution in [0.3, 0.4) is 0 Å². The zero-order valence-electron chi connectivity index (χ0n) is 9.62. The number of nitrogens with one attached hydrogen (secondary N) is 1. The number of rotatable bonds is 0. The Balaban J connectivity index is 2.19. The molecule has 0 atom stereocenters. The third-order valence-corrected chi connectivity index (χ3v) is 3.96. The van der Waals surface area contributed by atoms with Crippen molar-refractivity contribution in [3.05, 3.63) is 34.0 Å². The number of allylic oxidation sites excluding steroid dienone is 1. The second kappa shape index (κ2) is 3.13. The van der Waals surface area contributed by atoms with Gasteiger partial charge in [-0.2, -0.15) is 0 Å². The predicted octanol–water partition coefficient (Wildman–Crippen LogP) is -0.0448. The summed E-state index contributed by atoms with van der Waals surface area (Å²) < 4.78 is 2.25. The number of carbonyl (C=O) groups excluding carboxylic acids is 1. The van der Waals surface area contributed by atoms with Crippen LogP contribution in [0.1, 0.15) is 24.1 Å². The van der Waals surface area contributed by atoms with Crippen LogP contribution in [0.15, 0.2) is 12.2 Å². The molecule has 3 heteroatoms. The molecule has 1 amide bonds. The summed E-state index contributed by atoms with van der Waals surface area (Å²) in [6.07, 6.45) is 10.8. The second-order valence-electron chi connectivity index (χ2n) is 4.95. The summed E-state index contributed by atoms with van der Waals surface area (Å²) in [4.78, 5) is 11.8. The maximum absolute atomic E-state index is 11.8. The summed E-state index contributed by atoms with van der Waals surface area (Å²) in [5.74, 6) is 0.124. The first-order valence-electron chi connectivity index (χ1n) is 6.25. The number of amides is 1. The van der Waals surface area contributed by atoms with E-state index in [0.717, 1.165) is 25.0 Å². The fourth-order valence-corrected chi connectivity index (χ4v) is 3.33. The van der Waals surface area contributed by atoms with E-state index in [4.69, 9.17) is 0 Å². The van der Waals surface area contributed by atoms with E-state index in [-0.39, 0.29) is 5.91 Å². The van der Waals surface area contributed by atoms with E-state index in [2.05, 4.69) is 28.1 Å². The maximum Gasteiger partial charge on any atom is 0.244 e. The molecule has 3 nitrogen and oxygen atoms in total. The predicted molar refractivity (Wildman–Crippen MR) is 65.5 cm³/mol. The molecule has 0 aromatic carbocycles. The lowest BCUT2D eigenvalue weighted by atomic mass is 10.2. The third-order valence-electron chi connectivity index (χ3n) is 3.96. The van der Waals surface area contributed by atoms with Crippen molar-refractivity contribution in [1.82, 2.24) is 9.88 Å². The van der Waals surface area contributed by atoms with E-state index in [1.165, 1.54) is 28.2 Å². The van der Waals surface area contributed by atoms with Crippen LogP contribution in [0.5, 0.6) is 0 Å². The van der Waals surface area contributed by atoms with Crippen molar-refractivity contribution in [3.63, 3.8) is 0 Å². The van der Waals surface area contributed by atoms with Crippen molar-refractivity contribution in [1.29, 1.82) is 0 Å². The SMILES string of the molecule is O=C1Cn2c3c(c4c2=C(CC=CC=4)N1)CCC3. The molecule has 0 unspecified atom stereocenters. The minimum absolute atomic E-state index is 0.124. The van der Waals surface area contributed by atoms with Crippen molar-refractivity contribution < 1.29 is 4.79 Å². The summed E-state index contributed by atoms with van der Waals surface area (Å²) in [7, 11) is 0. The molecule has 3 aliphatic rings. The van der Waals surface area contributed by atoms with Crippen LogP contribution in [0.25, 0.3) is 11.8 Å². The number of fused-ring (bicyclic) bond motifs is 3. The van der Waals surface area contributed by atoms with Gasteiger partial charge in [0.15, 0.2) is 0 Å².